The zero-order chi connectivity index (χ0) is 10.9. The highest BCUT2D eigenvalue weighted by Crippen LogP contribution is 2.05. The van der Waals surface area contributed by atoms with Gasteiger partial charge in [0.05, 0.1) is 0 Å². The third-order valence-corrected chi connectivity index (χ3v) is 2.36. The molecule has 0 saturated carbocycles. The molecule has 0 aliphatic carbocycles. The highest BCUT2D eigenvalue weighted by atomic mass is 35.5. The highest BCUT2D eigenvalue weighted by Gasteiger charge is 1.94. The number of ether oxygens (including phenoxy) is 1. The fourth-order valence-corrected chi connectivity index (χ4v) is 1.40. The minimum atomic E-state index is -0.183. The van der Waals surface area contributed by atoms with Gasteiger partial charge in [0.25, 0.3) is 0 Å². The van der Waals surface area contributed by atoms with Gasteiger partial charge < -0.3 is 4.74 Å². The Bertz CT molecular complexity index is 261. The van der Waals surface area contributed by atoms with Gasteiger partial charge in [-0.3, -0.25) is 0 Å². The summed E-state index contributed by atoms with van der Waals surface area (Å²) in [6, 6.07) is 6.61. The van der Waals surface area contributed by atoms with Crippen molar-refractivity contribution in [3.8, 4) is 0 Å². The zero-order valence-corrected chi connectivity index (χ0v) is 9.47. The van der Waals surface area contributed by atoms with E-state index in [4.69, 9.17) is 16.3 Å². The fourth-order valence-electron chi connectivity index (χ4n) is 1.29. The Morgan fingerprint density at radius 1 is 1.07 bits per heavy atom. The topological polar surface area (TPSA) is 9.23 Å². The molecule has 0 atom stereocenters. The van der Waals surface area contributed by atoms with E-state index in [1.54, 1.807) is 0 Å². The van der Waals surface area contributed by atoms with Crippen LogP contribution in [0.25, 0.3) is 0 Å². The predicted molar refractivity (Wildman–Crippen MR) is 60.9 cm³/mol. The average molecular weight is 231 g/mol. The second kappa shape index (κ2) is 7.66. The van der Waals surface area contributed by atoms with Gasteiger partial charge >= 0.3 is 0 Å². The van der Waals surface area contributed by atoms with E-state index >= 15 is 0 Å². The van der Waals surface area contributed by atoms with Gasteiger partial charge in [-0.2, -0.15) is 0 Å². The first kappa shape index (κ1) is 12.5. The van der Waals surface area contributed by atoms with Crippen molar-refractivity contribution in [3.63, 3.8) is 0 Å². The van der Waals surface area contributed by atoms with Crippen molar-refractivity contribution in [1.29, 1.82) is 0 Å². The van der Waals surface area contributed by atoms with Crippen molar-refractivity contribution in [2.24, 2.45) is 0 Å². The molecular weight excluding hydrogens is 215 g/mol. The predicted octanol–water partition coefficient (Wildman–Crippen LogP) is 3.40. The highest BCUT2D eigenvalue weighted by molar-refractivity contribution is 6.17. The zero-order valence-electron chi connectivity index (χ0n) is 8.72. The molecule has 0 aromatic heterocycles. The second-order valence-corrected chi connectivity index (χ2v) is 3.76. The number of hydrogen-bond acceptors (Lipinski definition) is 1. The van der Waals surface area contributed by atoms with E-state index in [1.807, 2.05) is 12.1 Å². The van der Waals surface area contributed by atoms with Gasteiger partial charge in [0, 0.05) is 19.1 Å². The van der Waals surface area contributed by atoms with Gasteiger partial charge in [-0.15, -0.1) is 11.6 Å². The molecule has 0 saturated heterocycles. The molecular formula is C12H16ClFO. The summed E-state index contributed by atoms with van der Waals surface area (Å²) in [6.07, 6.45) is 2.80. The van der Waals surface area contributed by atoms with Crippen molar-refractivity contribution >= 4 is 11.6 Å². The van der Waals surface area contributed by atoms with Crippen LogP contribution in [-0.2, 0) is 11.2 Å². The van der Waals surface area contributed by atoms with Crippen LogP contribution >= 0.6 is 11.6 Å². The van der Waals surface area contributed by atoms with Gasteiger partial charge in [-0.1, -0.05) is 12.1 Å². The molecule has 0 fully saturated rings. The van der Waals surface area contributed by atoms with Crippen LogP contribution in [0.4, 0.5) is 4.39 Å². The number of alkyl halides is 1. The van der Waals surface area contributed by atoms with Crippen LogP contribution in [-0.4, -0.2) is 19.1 Å². The summed E-state index contributed by atoms with van der Waals surface area (Å²) in [5, 5.41) is 0. The molecule has 0 aliphatic rings. The second-order valence-electron chi connectivity index (χ2n) is 3.38. The SMILES string of the molecule is Fc1ccc(CCCOCCCCl)cc1. The Morgan fingerprint density at radius 2 is 1.73 bits per heavy atom. The van der Waals surface area contributed by atoms with Crippen LogP contribution in [0.5, 0.6) is 0 Å². The van der Waals surface area contributed by atoms with Crippen LogP contribution in [0.2, 0.25) is 0 Å². The molecule has 0 aliphatic heterocycles. The van der Waals surface area contributed by atoms with Crippen LogP contribution in [0.15, 0.2) is 24.3 Å². The molecule has 0 radical (unpaired) electrons. The maximum absolute atomic E-state index is 12.6. The first-order valence-corrected chi connectivity index (χ1v) is 5.74. The Kier molecular flexibility index (Phi) is 6.37. The summed E-state index contributed by atoms with van der Waals surface area (Å²) in [6.45, 7) is 1.47. The van der Waals surface area contributed by atoms with E-state index in [1.165, 1.54) is 12.1 Å². The third kappa shape index (κ3) is 5.75. The van der Waals surface area contributed by atoms with Crippen LogP contribution in [0, 0.1) is 5.82 Å². The average Bonchev–Trinajstić information content (AvgIpc) is 2.26. The van der Waals surface area contributed by atoms with Crippen LogP contribution < -0.4 is 0 Å². The first-order chi connectivity index (χ1) is 7.33. The van der Waals surface area contributed by atoms with E-state index < -0.39 is 0 Å². The number of aryl methyl sites for hydroxylation is 1. The lowest BCUT2D eigenvalue weighted by molar-refractivity contribution is 0.133. The molecule has 1 rings (SSSR count). The lowest BCUT2D eigenvalue weighted by Crippen LogP contribution is -1.99. The van der Waals surface area contributed by atoms with Crippen LogP contribution in [0.1, 0.15) is 18.4 Å². The largest absolute Gasteiger partial charge is 0.381 e. The maximum atomic E-state index is 12.6. The summed E-state index contributed by atoms with van der Waals surface area (Å²) >= 11 is 5.51. The molecule has 0 heterocycles. The summed E-state index contributed by atoms with van der Waals surface area (Å²) in [4.78, 5) is 0. The van der Waals surface area contributed by atoms with Gasteiger partial charge in [0.15, 0.2) is 0 Å². The normalized spacial score (nSPS) is 10.5. The minimum absolute atomic E-state index is 0.183. The molecule has 1 nitrogen and oxygen atoms in total. The standard InChI is InChI=1S/C12H16ClFO/c13-8-2-10-15-9-1-3-11-4-6-12(14)7-5-11/h4-7H,1-3,8-10H2. The van der Waals surface area contributed by atoms with E-state index in [0.29, 0.717) is 5.88 Å². The van der Waals surface area contributed by atoms with Crippen molar-refractivity contribution in [2.75, 3.05) is 19.1 Å². The molecule has 1 aromatic carbocycles. The van der Waals surface area contributed by atoms with E-state index in [2.05, 4.69) is 0 Å². The molecule has 1 aromatic rings. The lowest BCUT2D eigenvalue weighted by atomic mass is 10.1. The minimum Gasteiger partial charge on any atom is -0.381 e. The lowest BCUT2D eigenvalue weighted by Gasteiger charge is -2.03. The first-order valence-electron chi connectivity index (χ1n) is 5.21. The van der Waals surface area contributed by atoms with Gasteiger partial charge in [0.2, 0.25) is 0 Å². The Balaban J connectivity index is 2.07. The molecule has 0 amide bonds. The number of rotatable bonds is 7. The van der Waals surface area contributed by atoms with Gasteiger partial charge in [-0.25, -0.2) is 4.39 Å². The maximum Gasteiger partial charge on any atom is 0.123 e. The van der Waals surface area contributed by atoms with Crippen molar-refractivity contribution in [2.45, 2.75) is 19.3 Å². The van der Waals surface area contributed by atoms with Crippen molar-refractivity contribution in [1.82, 2.24) is 0 Å². The molecule has 3 heteroatoms. The molecule has 0 unspecified atom stereocenters. The quantitative estimate of drug-likeness (QED) is 0.515. The summed E-state index contributed by atoms with van der Waals surface area (Å²) < 4.78 is 17.9. The monoisotopic (exact) mass is 230 g/mol. The van der Waals surface area contributed by atoms with Gasteiger partial charge in [-0.05, 0) is 37.0 Å². The van der Waals surface area contributed by atoms with E-state index in [0.717, 1.165) is 38.0 Å². The Hall–Kier alpha value is -0.600. The van der Waals surface area contributed by atoms with Crippen LogP contribution in [0.3, 0.4) is 0 Å². The number of halogens is 2. The van der Waals surface area contributed by atoms with E-state index in [-0.39, 0.29) is 5.82 Å². The molecule has 0 spiro atoms. The Morgan fingerprint density at radius 3 is 2.40 bits per heavy atom. The summed E-state index contributed by atoms with van der Waals surface area (Å²) in [5.41, 5.74) is 1.15. The summed E-state index contributed by atoms with van der Waals surface area (Å²) in [5.74, 6) is 0.468. The fraction of sp³-hybridized carbons (Fsp3) is 0.500. The van der Waals surface area contributed by atoms with E-state index in [9.17, 15) is 4.39 Å². The van der Waals surface area contributed by atoms with Crippen molar-refractivity contribution in [3.05, 3.63) is 35.6 Å². The Labute approximate surface area is 95.2 Å². The number of hydrogen-bond donors (Lipinski definition) is 0. The molecule has 0 bridgehead atoms. The van der Waals surface area contributed by atoms with Gasteiger partial charge in [0.1, 0.15) is 5.82 Å². The van der Waals surface area contributed by atoms with Crippen molar-refractivity contribution < 1.29 is 9.13 Å². The molecule has 84 valence electrons. The summed E-state index contributed by atoms with van der Waals surface area (Å²) in [7, 11) is 0. The number of benzene rings is 1. The third-order valence-electron chi connectivity index (χ3n) is 2.09. The molecule has 0 N–H and O–H groups in total. The smallest absolute Gasteiger partial charge is 0.123 e. The molecule has 15 heavy (non-hydrogen) atoms.